The summed E-state index contributed by atoms with van der Waals surface area (Å²) in [6.45, 7) is 4.82. The molecule has 0 saturated heterocycles. The molecule has 0 radical (unpaired) electrons. The lowest BCUT2D eigenvalue weighted by Gasteiger charge is -2.25. The quantitative estimate of drug-likeness (QED) is 0.0211. The van der Waals surface area contributed by atoms with Gasteiger partial charge in [-0.1, -0.05) is 336 Å². The highest BCUT2D eigenvalue weighted by atomic mass is 16.7. The summed E-state index contributed by atoms with van der Waals surface area (Å²) in [6, 6.07) is 0. The Morgan fingerprint density at radius 3 is 0.977 bits per heavy atom. The molecule has 0 aromatic heterocycles. The van der Waals surface area contributed by atoms with Crippen LogP contribution in [-0.2, 0) is 33.3 Å². The van der Waals surface area contributed by atoms with Crippen molar-refractivity contribution in [3.63, 3.8) is 0 Å². The van der Waals surface area contributed by atoms with Crippen molar-refractivity contribution in [2.24, 2.45) is 0 Å². The molecular weight excluding hydrogens is 1080 g/mol. The van der Waals surface area contributed by atoms with Crippen LogP contribution in [0.2, 0.25) is 0 Å². The largest absolute Gasteiger partial charge is 0.477 e. The summed E-state index contributed by atoms with van der Waals surface area (Å²) in [5.41, 5.74) is 0. The van der Waals surface area contributed by atoms with Gasteiger partial charge in [-0.2, -0.15) is 0 Å². The number of quaternary nitrogens is 1. The first-order chi connectivity index (χ1) is 42.6. The predicted octanol–water partition coefficient (Wildman–Crippen LogP) is 23.0. The zero-order valence-corrected chi connectivity index (χ0v) is 57.7. The summed E-state index contributed by atoms with van der Waals surface area (Å²) in [5, 5.41) is 9.76. The fourth-order valence-corrected chi connectivity index (χ4v) is 10.6. The number of hydrogen-bond donors (Lipinski definition) is 1. The molecule has 0 saturated carbocycles. The normalized spacial score (nSPS) is 13.2. The third-order valence-electron chi connectivity index (χ3n) is 16.2. The fourth-order valence-electron chi connectivity index (χ4n) is 10.6. The number of hydrogen-bond acceptors (Lipinski definition) is 7. The first-order valence-electron chi connectivity index (χ1n) is 36.8. The number of rotatable bonds is 68. The molecule has 2 unspecified atom stereocenters. The van der Waals surface area contributed by atoms with Gasteiger partial charge in [0.05, 0.1) is 34.4 Å². The fraction of sp³-hybridized carbons (Fsp3) is 0.782. The van der Waals surface area contributed by atoms with E-state index in [0.29, 0.717) is 17.4 Å². The number of likely N-dealkylation sites (N-methyl/N-ethyl adjacent to an activating group) is 1. The molecule has 9 nitrogen and oxygen atoms in total. The molecule has 9 heteroatoms. The van der Waals surface area contributed by atoms with Crippen molar-refractivity contribution in [1.82, 2.24) is 0 Å². The van der Waals surface area contributed by atoms with E-state index < -0.39 is 24.3 Å². The van der Waals surface area contributed by atoms with Crippen molar-refractivity contribution in [1.29, 1.82) is 0 Å². The molecule has 87 heavy (non-hydrogen) atoms. The van der Waals surface area contributed by atoms with Crippen molar-refractivity contribution in [3.05, 3.63) is 85.1 Å². The van der Waals surface area contributed by atoms with E-state index in [-0.39, 0.29) is 32.2 Å². The summed E-state index contributed by atoms with van der Waals surface area (Å²) >= 11 is 0. The molecule has 0 aliphatic rings. The van der Waals surface area contributed by atoms with Gasteiger partial charge in [0.25, 0.3) is 6.29 Å². The number of nitrogens with zero attached hydrogens (tertiary/aromatic N) is 1. The minimum absolute atomic E-state index is 0.180. The second-order valence-electron chi connectivity index (χ2n) is 25.9. The van der Waals surface area contributed by atoms with Crippen molar-refractivity contribution in [2.45, 2.75) is 347 Å². The third kappa shape index (κ3) is 69.8. The van der Waals surface area contributed by atoms with Gasteiger partial charge in [-0.3, -0.25) is 9.59 Å². The number of carbonyl (C=O) groups is 3. The molecule has 0 heterocycles. The molecule has 0 rings (SSSR count). The molecule has 0 fully saturated rings. The van der Waals surface area contributed by atoms with Crippen LogP contribution in [0.5, 0.6) is 0 Å². The number of carboxylic acids is 1. The summed E-state index contributed by atoms with van der Waals surface area (Å²) in [6.07, 6.45) is 89.9. The van der Waals surface area contributed by atoms with Crippen molar-refractivity contribution < 1.29 is 42.9 Å². The Labute approximate surface area is 538 Å². The molecule has 0 aliphatic heterocycles. The number of esters is 2. The maximum absolute atomic E-state index is 13.0. The number of carbonyl (C=O) groups excluding carboxylic acids is 2. The topological polar surface area (TPSA) is 108 Å². The van der Waals surface area contributed by atoms with Gasteiger partial charge in [0.15, 0.2) is 6.10 Å². The highest BCUT2D eigenvalue weighted by Crippen LogP contribution is 2.19. The third-order valence-corrected chi connectivity index (χ3v) is 16.2. The van der Waals surface area contributed by atoms with Gasteiger partial charge in [0.1, 0.15) is 13.2 Å². The van der Waals surface area contributed by atoms with Crippen LogP contribution >= 0.6 is 0 Å². The van der Waals surface area contributed by atoms with Crippen LogP contribution in [0, 0.1) is 0 Å². The Hall–Kier alpha value is -3.53. The predicted molar refractivity (Wildman–Crippen MR) is 373 cm³/mol. The molecule has 0 amide bonds. The Morgan fingerprint density at radius 1 is 0.356 bits per heavy atom. The first-order valence-corrected chi connectivity index (χ1v) is 36.8. The highest BCUT2D eigenvalue weighted by Gasteiger charge is 2.25. The van der Waals surface area contributed by atoms with E-state index in [2.05, 4.69) is 98.9 Å². The number of unbranched alkanes of at least 4 members (excludes halogenated alkanes) is 39. The molecule has 0 spiro atoms. The van der Waals surface area contributed by atoms with Crippen molar-refractivity contribution in [2.75, 3.05) is 47.5 Å². The summed E-state index contributed by atoms with van der Waals surface area (Å²) in [7, 11) is 5.99. The zero-order chi connectivity index (χ0) is 63.3. The minimum atomic E-state index is -1.51. The van der Waals surface area contributed by atoms with E-state index in [1.807, 2.05) is 21.1 Å². The lowest BCUT2D eigenvalue weighted by Crippen LogP contribution is -2.40. The zero-order valence-electron chi connectivity index (χ0n) is 57.7. The van der Waals surface area contributed by atoms with Gasteiger partial charge in [-0.25, -0.2) is 4.79 Å². The van der Waals surface area contributed by atoms with Crippen molar-refractivity contribution in [3.8, 4) is 0 Å². The van der Waals surface area contributed by atoms with Gasteiger partial charge < -0.3 is 28.5 Å². The van der Waals surface area contributed by atoms with Gasteiger partial charge in [0.2, 0.25) is 0 Å². The monoisotopic (exact) mass is 1220 g/mol. The SMILES string of the molecule is CC/C=C\C/C=C\C/C=C\C/C=C\C/C=C\C/C=C\C/C=C\CCCCCCCCCCCCCCCCCC(=O)OC(COC(=O)CCCCCCCCCCCCCCCCCCCCCCCCCCC)COC(OCC[N+](C)(C)C)C(=O)O. The van der Waals surface area contributed by atoms with Crippen LogP contribution in [0.25, 0.3) is 0 Å². The average Bonchev–Trinajstić information content (AvgIpc) is 3.57. The van der Waals surface area contributed by atoms with Crippen LogP contribution in [-0.4, -0.2) is 87.4 Å². The van der Waals surface area contributed by atoms with E-state index >= 15 is 0 Å². The van der Waals surface area contributed by atoms with Crippen molar-refractivity contribution >= 4 is 17.9 Å². The summed E-state index contributed by atoms with van der Waals surface area (Å²) in [5.74, 6) is -1.99. The molecule has 0 bridgehead atoms. The molecule has 0 aromatic rings. The Morgan fingerprint density at radius 2 is 0.655 bits per heavy atom. The number of carboxylic acid groups (broad SMARTS) is 1. The van der Waals surface area contributed by atoms with Gasteiger partial charge in [-0.15, -0.1) is 0 Å². The number of aliphatic carboxylic acids is 1. The van der Waals surface area contributed by atoms with Crippen LogP contribution in [0.4, 0.5) is 0 Å². The van der Waals surface area contributed by atoms with Crippen LogP contribution in [0.15, 0.2) is 85.1 Å². The van der Waals surface area contributed by atoms with Crippen LogP contribution in [0.3, 0.4) is 0 Å². The maximum atomic E-state index is 13.0. The van der Waals surface area contributed by atoms with E-state index in [1.54, 1.807) is 0 Å². The smallest absolute Gasteiger partial charge is 0.361 e. The molecule has 1 N–H and O–H groups in total. The van der Waals surface area contributed by atoms with Crippen LogP contribution < -0.4 is 0 Å². The Balaban J connectivity index is 4.06. The Kier molecular flexibility index (Phi) is 65.6. The van der Waals surface area contributed by atoms with Crippen LogP contribution in [0.1, 0.15) is 335 Å². The van der Waals surface area contributed by atoms with E-state index in [4.69, 9.17) is 18.9 Å². The van der Waals surface area contributed by atoms with E-state index in [0.717, 1.165) is 83.5 Å². The van der Waals surface area contributed by atoms with Gasteiger partial charge in [0, 0.05) is 12.8 Å². The Bertz CT molecular complexity index is 1700. The molecule has 0 aliphatic carbocycles. The molecule has 2 atom stereocenters. The highest BCUT2D eigenvalue weighted by molar-refractivity contribution is 5.71. The molecule has 0 aromatic carbocycles. The van der Waals surface area contributed by atoms with E-state index in [1.165, 1.54) is 225 Å². The van der Waals surface area contributed by atoms with E-state index in [9.17, 15) is 19.5 Å². The minimum Gasteiger partial charge on any atom is -0.477 e. The number of allylic oxidation sites excluding steroid dienone is 14. The maximum Gasteiger partial charge on any atom is 0.361 e. The molecule has 504 valence electrons. The standard InChI is InChI=1S/C78H139NO8/c1-6-8-10-12-14-16-18-20-22-24-26-28-30-32-33-34-35-36-37-38-39-40-41-42-43-45-47-49-51-53-55-57-59-61-63-65-67-69-76(81)87-74(73-86-78(77(82)83)84-71-70-79(3,4)5)72-85-75(80)68-66-64-62-60-58-56-54-52-50-48-46-44-31-29-27-25-23-21-19-17-15-13-11-9-7-2/h8,10,14,16,20,22,26,28,32-33,35-36,38-39,74,78H,6-7,9,11-13,15,17-19,21,23-25,27,29-31,34,37,40-73H2,1-5H3/p+1/b10-8-,16-14-,22-20-,28-26-,33-32-,36-35-,39-38-. The van der Waals surface area contributed by atoms with Gasteiger partial charge >= 0.3 is 17.9 Å². The van der Waals surface area contributed by atoms with Gasteiger partial charge in [-0.05, 0) is 70.6 Å². The lowest BCUT2D eigenvalue weighted by atomic mass is 10.0. The average molecular weight is 1220 g/mol. The first kappa shape index (κ1) is 83.5. The number of ether oxygens (including phenoxy) is 4. The summed E-state index contributed by atoms with van der Waals surface area (Å²) in [4.78, 5) is 37.7. The second-order valence-corrected chi connectivity index (χ2v) is 25.9. The molecular formula is C78H140NO8+. The second kappa shape index (κ2) is 68.4. The summed E-state index contributed by atoms with van der Waals surface area (Å²) < 4.78 is 23.0. The lowest BCUT2D eigenvalue weighted by molar-refractivity contribution is -0.870.